The molecule has 1 atom stereocenters. The molecular formula is C27H21NO5S. The van der Waals surface area contributed by atoms with E-state index in [0.29, 0.717) is 34.2 Å². The Balaban J connectivity index is 1.40. The molecule has 0 aromatic heterocycles. The third-order valence-electron chi connectivity index (χ3n) is 5.41. The van der Waals surface area contributed by atoms with Crippen molar-refractivity contribution in [2.75, 3.05) is 10.7 Å². The minimum atomic E-state index is -3.71. The molecule has 0 bridgehead atoms. The standard InChI is InChI=1S/C27H21NO5S/c29-26-19-34(30,31)27(20-11-15-24(16-12-20)32-22-7-3-1-4-8-22)28(26)21-13-17-25(18-14-21)33-23-9-5-2-6-10-23/h1-18,27H,19H2. The normalized spacial score (nSPS) is 16.9. The molecule has 5 rings (SSSR count). The second-order valence-corrected chi connectivity index (χ2v) is 9.88. The number of sulfone groups is 1. The number of rotatable bonds is 6. The van der Waals surface area contributed by atoms with Gasteiger partial charge in [-0.05, 0) is 66.2 Å². The molecule has 0 N–H and O–H groups in total. The van der Waals surface area contributed by atoms with E-state index < -0.39 is 26.9 Å². The van der Waals surface area contributed by atoms with Gasteiger partial charge in [0.1, 0.15) is 28.8 Å². The molecular weight excluding hydrogens is 450 g/mol. The van der Waals surface area contributed by atoms with E-state index in [1.807, 2.05) is 60.7 Å². The first-order valence-electron chi connectivity index (χ1n) is 10.7. The summed E-state index contributed by atoms with van der Waals surface area (Å²) in [6.45, 7) is 0. The lowest BCUT2D eigenvalue weighted by molar-refractivity contribution is -0.115. The zero-order valence-electron chi connectivity index (χ0n) is 18.1. The number of nitrogens with zero attached hydrogens (tertiary/aromatic N) is 1. The first kappa shape index (κ1) is 21.7. The Morgan fingerprint density at radius 1 is 0.618 bits per heavy atom. The maximum atomic E-state index is 12.9. The summed E-state index contributed by atoms with van der Waals surface area (Å²) in [6.07, 6.45) is 0. The fraction of sp³-hybridized carbons (Fsp3) is 0.0741. The first-order chi connectivity index (χ1) is 16.5. The van der Waals surface area contributed by atoms with Gasteiger partial charge in [0.25, 0.3) is 0 Å². The summed E-state index contributed by atoms with van der Waals surface area (Å²) in [5.41, 5.74) is 0.983. The van der Waals surface area contributed by atoms with Crippen LogP contribution in [-0.4, -0.2) is 20.1 Å². The molecule has 170 valence electrons. The van der Waals surface area contributed by atoms with Crippen LogP contribution in [0.2, 0.25) is 0 Å². The molecule has 1 unspecified atom stereocenters. The topological polar surface area (TPSA) is 72.9 Å². The Hall–Kier alpha value is -4.10. The van der Waals surface area contributed by atoms with Gasteiger partial charge in [0.15, 0.2) is 15.2 Å². The zero-order valence-corrected chi connectivity index (χ0v) is 18.9. The van der Waals surface area contributed by atoms with Gasteiger partial charge in [-0.25, -0.2) is 8.42 Å². The van der Waals surface area contributed by atoms with Crippen LogP contribution in [-0.2, 0) is 14.6 Å². The van der Waals surface area contributed by atoms with Gasteiger partial charge in [-0.15, -0.1) is 0 Å². The van der Waals surface area contributed by atoms with Crippen molar-refractivity contribution < 1.29 is 22.7 Å². The minimum absolute atomic E-state index is 0.466. The lowest BCUT2D eigenvalue weighted by Crippen LogP contribution is -2.29. The van der Waals surface area contributed by atoms with Crippen molar-refractivity contribution >= 4 is 21.4 Å². The summed E-state index contributed by atoms with van der Waals surface area (Å²) in [7, 11) is -3.71. The smallest absolute Gasteiger partial charge is 0.243 e. The number of hydrogen-bond acceptors (Lipinski definition) is 5. The maximum Gasteiger partial charge on any atom is 0.243 e. The average Bonchev–Trinajstić information content (AvgIpc) is 3.09. The highest BCUT2D eigenvalue weighted by molar-refractivity contribution is 7.93. The summed E-state index contributed by atoms with van der Waals surface area (Å²) < 4.78 is 37.4. The van der Waals surface area contributed by atoms with Gasteiger partial charge in [-0.3, -0.25) is 9.69 Å². The van der Waals surface area contributed by atoms with E-state index in [4.69, 9.17) is 9.47 Å². The number of hydrogen-bond donors (Lipinski definition) is 0. The van der Waals surface area contributed by atoms with Crippen LogP contribution in [0.3, 0.4) is 0 Å². The van der Waals surface area contributed by atoms with E-state index in [1.165, 1.54) is 4.90 Å². The van der Waals surface area contributed by atoms with Crippen molar-refractivity contribution in [1.29, 1.82) is 0 Å². The van der Waals surface area contributed by atoms with Crippen LogP contribution in [0, 0.1) is 0 Å². The number of carbonyl (C=O) groups excluding carboxylic acids is 1. The highest BCUT2D eigenvalue weighted by atomic mass is 32.2. The highest BCUT2D eigenvalue weighted by Gasteiger charge is 2.45. The number of benzene rings is 4. The van der Waals surface area contributed by atoms with E-state index in [-0.39, 0.29) is 0 Å². The van der Waals surface area contributed by atoms with E-state index in [1.54, 1.807) is 48.5 Å². The fourth-order valence-corrected chi connectivity index (χ4v) is 5.65. The number of carbonyl (C=O) groups is 1. The molecule has 1 fully saturated rings. The molecule has 7 heteroatoms. The zero-order chi connectivity index (χ0) is 23.5. The number of amides is 1. The third-order valence-corrected chi connectivity index (χ3v) is 7.22. The third kappa shape index (κ3) is 4.51. The maximum absolute atomic E-state index is 12.9. The molecule has 6 nitrogen and oxygen atoms in total. The number of ether oxygens (including phenoxy) is 2. The van der Waals surface area contributed by atoms with Crippen LogP contribution in [0.1, 0.15) is 10.9 Å². The van der Waals surface area contributed by atoms with Gasteiger partial charge in [-0.2, -0.15) is 0 Å². The van der Waals surface area contributed by atoms with Crippen molar-refractivity contribution in [2.24, 2.45) is 0 Å². The summed E-state index contributed by atoms with van der Waals surface area (Å²) in [4.78, 5) is 14.1. The lowest BCUT2D eigenvalue weighted by Gasteiger charge is -2.24. The molecule has 0 radical (unpaired) electrons. The largest absolute Gasteiger partial charge is 0.457 e. The Morgan fingerprint density at radius 3 is 1.56 bits per heavy atom. The van der Waals surface area contributed by atoms with Crippen LogP contribution in [0.4, 0.5) is 5.69 Å². The van der Waals surface area contributed by atoms with Crippen LogP contribution < -0.4 is 14.4 Å². The Bertz CT molecular complexity index is 1390. The van der Waals surface area contributed by atoms with Crippen LogP contribution in [0.5, 0.6) is 23.0 Å². The van der Waals surface area contributed by atoms with Crippen molar-refractivity contribution in [3.8, 4) is 23.0 Å². The molecule has 4 aromatic rings. The van der Waals surface area contributed by atoms with Crippen molar-refractivity contribution in [1.82, 2.24) is 0 Å². The predicted molar refractivity (Wildman–Crippen MR) is 130 cm³/mol. The summed E-state index contributed by atoms with van der Waals surface area (Å²) in [6, 6.07) is 32.2. The monoisotopic (exact) mass is 471 g/mol. The molecule has 0 spiro atoms. The summed E-state index contributed by atoms with van der Waals surface area (Å²) in [5.74, 6) is 1.52. The second-order valence-electron chi connectivity index (χ2n) is 7.82. The molecule has 4 aromatic carbocycles. The summed E-state index contributed by atoms with van der Waals surface area (Å²) >= 11 is 0. The van der Waals surface area contributed by atoms with Gasteiger partial charge in [0.2, 0.25) is 5.91 Å². The molecule has 1 amide bonds. The van der Waals surface area contributed by atoms with E-state index >= 15 is 0 Å². The first-order valence-corrected chi connectivity index (χ1v) is 12.4. The Morgan fingerprint density at radius 2 is 1.06 bits per heavy atom. The second kappa shape index (κ2) is 9.03. The fourth-order valence-electron chi connectivity index (χ4n) is 3.87. The van der Waals surface area contributed by atoms with Crippen molar-refractivity contribution in [3.63, 3.8) is 0 Å². The minimum Gasteiger partial charge on any atom is -0.457 e. The predicted octanol–water partition coefficient (Wildman–Crippen LogP) is 5.73. The molecule has 1 heterocycles. The number of para-hydroxylation sites is 2. The molecule has 1 aliphatic rings. The van der Waals surface area contributed by atoms with Gasteiger partial charge in [0, 0.05) is 5.69 Å². The number of anilines is 1. The van der Waals surface area contributed by atoms with Gasteiger partial charge in [0.05, 0.1) is 0 Å². The van der Waals surface area contributed by atoms with Crippen molar-refractivity contribution in [3.05, 3.63) is 115 Å². The summed E-state index contributed by atoms with van der Waals surface area (Å²) in [5, 5.41) is -1.10. The molecule has 1 aliphatic heterocycles. The van der Waals surface area contributed by atoms with Crippen LogP contribution in [0.15, 0.2) is 109 Å². The Kier molecular flexibility index (Phi) is 5.77. The van der Waals surface area contributed by atoms with Crippen molar-refractivity contribution in [2.45, 2.75) is 5.37 Å². The average molecular weight is 472 g/mol. The molecule has 0 aliphatic carbocycles. The highest BCUT2D eigenvalue weighted by Crippen LogP contribution is 2.39. The van der Waals surface area contributed by atoms with E-state index in [2.05, 4.69) is 0 Å². The van der Waals surface area contributed by atoms with Gasteiger partial charge >= 0.3 is 0 Å². The van der Waals surface area contributed by atoms with Gasteiger partial charge < -0.3 is 9.47 Å². The van der Waals surface area contributed by atoms with E-state index in [0.717, 1.165) is 0 Å². The molecule has 1 saturated heterocycles. The molecule has 34 heavy (non-hydrogen) atoms. The van der Waals surface area contributed by atoms with Crippen LogP contribution in [0.25, 0.3) is 0 Å². The Labute approximate surface area is 197 Å². The SMILES string of the molecule is O=C1CS(=O)(=O)C(c2ccc(Oc3ccccc3)cc2)N1c1ccc(Oc2ccccc2)cc1. The molecule has 0 saturated carbocycles. The van der Waals surface area contributed by atoms with Crippen LogP contribution >= 0.6 is 0 Å². The van der Waals surface area contributed by atoms with Gasteiger partial charge in [-0.1, -0.05) is 48.5 Å². The lowest BCUT2D eigenvalue weighted by atomic mass is 10.1. The quantitative estimate of drug-likeness (QED) is 0.359. The van der Waals surface area contributed by atoms with E-state index in [9.17, 15) is 13.2 Å².